The number of hydrogen-bond donors (Lipinski definition) is 0. The Morgan fingerprint density at radius 3 is 1.95 bits per heavy atom. The number of rotatable bonds is 2. The topological polar surface area (TPSA) is 18.5 Å². The van der Waals surface area contributed by atoms with Crippen LogP contribution in [0.3, 0.4) is 0 Å². The monoisotopic (exact) mass is 298 g/mol. The Morgan fingerprint density at radius 1 is 1.00 bits per heavy atom. The highest BCUT2D eigenvalue weighted by atomic mass is 19.2. The van der Waals surface area contributed by atoms with E-state index >= 15 is 0 Å². The summed E-state index contributed by atoms with van der Waals surface area (Å²) in [6, 6.07) is 2.13. The van der Waals surface area contributed by atoms with E-state index < -0.39 is 35.8 Å². The first-order valence-electron chi connectivity index (χ1n) is 7.12. The summed E-state index contributed by atoms with van der Waals surface area (Å²) in [5.74, 6) is -3.72. The van der Waals surface area contributed by atoms with Gasteiger partial charge in [0.05, 0.1) is 11.2 Å². The van der Waals surface area contributed by atoms with Crippen molar-refractivity contribution in [3.05, 3.63) is 35.1 Å². The van der Waals surface area contributed by atoms with Crippen molar-refractivity contribution in [2.75, 3.05) is 0 Å². The smallest absolute Gasteiger partial charge is 0.403 e. The molecular formula is C15H18BF3O2. The van der Waals surface area contributed by atoms with Crippen LogP contribution < -0.4 is 0 Å². The van der Waals surface area contributed by atoms with Crippen molar-refractivity contribution in [2.45, 2.75) is 57.1 Å². The fourth-order valence-corrected chi connectivity index (χ4v) is 2.75. The third kappa shape index (κ3) is 2.38. The molecule has 21 heavy (non-hydrogen) atoms. The van der Waals surface area contributed by atoms with E-state index in [0.717, 1.165) is 18.6 Å². The van der Waals surface area contributed by atoms with Gasteiger partial charge in [-0.2, -0.15) is 0 Å². The van der Waals surface area contributed by atoms with Gasteiger partial charge in [0, 0.05) is 5.82 Å². The van der Waals surface area contributed by atoms with Crippen LogP contribution in [0.15, 0.2) is 12.1 Å². The van der Waals surface area contributed by atoms with E-state index in [1.807, 2.05) is 27.7 Å². The summed E-state index contributed by atoms with van der Waals surface area (Å²) in [5.41, 5.74) is -0.389. The van der Waals surface area contributed by atoms with Crippen LogP contribution in [0.5, 0.6) is 0 Å². The molecule has 0 spiro atoms. The van der Waals surface area contributed by atoms with E-state index in [0.29, 0.717) is 5.56 Å². The first-order chi connectivity index (χ1) is 9.62. The lowest BCUT2D eigenvalue weighted by molar-refractivity contribution is 0.00578. The van der Waals surface area contributed by atoms with Gasteiger partial charge in [-0.15, -0.1) is 0 Å². The molecule has 1 saturated heterocycles. The standard InChI is InChI=1S/C15H18BF3O2/c1-14(2)15(3,4)21-16(20-14)10-7-9(10)8-5-11(17)13(19)12(18)6-8/h5-6,9-10H,7H2,1-4H3. The number of halogens is 3. The second-order valence-corrected chi connectivity index (χ2v) is 6.93. The third-order valence-corrected chi connectivity index (χ3v) is 4.90. The van der Waals surface area contributed by atoms with Crippen molar-refractivity contribution < 1.29 is 22.5 Å². The van der Waals surface area contributed by atoms with E-state index in [9.17, 15) is 13.2 Å². The molecule has 1 aromatic carbocycles. The van der Waals surface area contributed by atoms with E-state index in [-0.39, 0.29) is 11.7 Å². The van der Waals surface area contributed by atoms with Crippen LogP contribution >= 0.6 is 0 Å². The fourth-order valence-electron chi connectivity index (χ4n) is 2.75. The van der Waals surface area contributed by atoms with Gasteiger partial charge in [0.1, 0.15) is 0 Å². The van der Waals surface area contributed by atoms with Crippen molar-refractivity contribution in [3.63, 3.8) is 0 Å². The summed E-state index contributed by atoms with van der Waals surface area (Å²) in [7, 11) is -0.392. The first kappa shape index (κ1) is 14.9. The maximum Gasteiger partial charge on any atom is 0.461 e. The van der Waals surface area contributed by atoms with Crippen LogP contribution in [0.4, 0.5) is 13.2 Å². The Labute approximate surface area is 122 Å². The molecule has 6 heteroatoms. The lowest BCUT2D eigenvalue weighted by Crippen LogP contribution is -2.41. The maximum atomic E-state index is 13.3. The molecule has 1 aliphatic heterocycles. The van der Waals surface area contributed by atoms with Gasteiger partial charge in [0.2, 0.25) is 0 Å². The zero-order valence-corrected chi connectivity index (χ0v) is 12.5. The fraction of sp³-hybridized carbons (Fsp3) is 0.600. The second kappa shape index (κ2) is 4.49. The predicted octanol–water partition coefficient (Wildman–Crippen LogP) is 4.05. The van der Waals surface area contributed by atoms with Crippen molar-refractivity contribution in [2.24, 2.45) is 0 Å². The quantitative estimate of drug-likeness (QED) is 0.605. The Kier molecular flexibility index (Phi) is 3.19. The van der Waals surface area contributed by atoms with E-state index in [2.05, 4.69) is 0 Å². The van der Waals surface area contributed by atoms with Crippen LogP contribution in [0.25, 0.3) is 0 Å². The Hall–Kier alpha value is -1.01. The van der Waals surface area contributed by atoms with Gasteiger partial charge >= 0.3 is 7.12 Å². The molecule has 1 aromatic rings. The van der Waals surface area contributed by atoms with Crippen LogP contribution in [-0.4, -0.2) is 18.3 Å². The van der Waals surface area contributed by atoms with Crippen molar-refractivity contribution >= 4 is 7.12 Å². The molecule has 3 rings (SSSR count). The van der Waals surface area contributed by atoms with Gasteiger partial charge in [0.15, 0.2) is 17.5 Å². The van der Waals surface area contributed by atoms with Gasteiger partial charge in [-0.05, 0) is 57.7 Å². The molecule has 0 aromatic heterocycles. The SMILES string of the molecule is CC1(C)OB(C2CC2c2cc(F)c(F)c(F)c2)OC1(C)C. The Bertz CT molecular complexity index is 549. The van der Waals surface area contributed by atoms with Crippen LogP contribution in [0, 0.1) is 17.5 Å². The van der Waals surface area contributed by atoms with Gasteiger partial charge in [-0.25, -0.2) is 13.2 Å². The molecule has 1 aliphatic carbocycles. The van der Waals surface area contributed by atoms with Crippen LogP contribution in [0.2, 0.25) is 5.82 Å². The van der Waals surface area contributed by atoms with E-state index in [4.69, 9.17) is 9.31 Å². The summed E-state index contributed by atoms with van der Waals surface area (Å²) >= 11 is 0. The molecule has 0 amide bonds. The van der Waals surface area contributed by atoms with E-state index in [1.165, 1.54) is 0 Å². The highest BCUT2D eigenvalue weighted by Crippen LogP contribution is 2.58. The Balaban J connectivity index is 1.76. The van der Waals surface area contributed by atoms with Crippen LogP contribution in [0.1, 0.15) is 45.6 Å². The molecule has 0 bridgehead atoms. The molecule has 2 atom stereocenters. The minimum Gasteiger partial charge on any atom is -0.403 e. The zero-order chi connectivity index (χ0) is 15.6. The van der Waals surface area contributed by atoms with Gasteiger partial charge in [-0.3, -0.25) is 0 Å². The average Bonchev–Trinajstić information content (AvgIpc) is 3.09. The van der Waals surface area contributed by atoms with Crippen LogP contribution in [-0.2, 0) is 9.31 Å². The largest absolute Gasteiger partial charge is 0.461 e. The summed E-state index contributed by atoms with van der Waals surface area (Å²) in [4.78, 5) is 0. The summed E-state index contributed by atoms with van der Waals surface area (Å²) in [5, 5.41) is 0. The number of hydrogen-bond acceptors (Lipinski definition) is 2. The van der Waals surface area contributed by atoms with Gasteiger partial charge < -0.3 is 9.31 Å². The summed E-state index contributed by atoms with van der Waals surface area (Å²) in [6.07, 6.45) is 0.724. The van der Waals surface area contributed by atoms with Gasteiger partial charge in [0.25, 0.3) is 0 Å². The van der Waals surface area contributed by atoms with Gasteiger partial charge in [-0.1, -0.05) is 0 Å². The highest BCUT2D eigenvalue weighted by molar-refractivity contribution is 6.49. The minimum atomic E-state index is -1.42. The molecule has 2 unspecified atom stereocenters. The normalized spacial score (nSPS) is 29.8. The second-order valence-electron chi connectivity index (χ2n) is 6.93. The molecule has 2 fully saturated rings. The molecule has 114 valence electrons. The molecular weight excluding hydrogens is 280 g/mol. The van der Waals surface area contributed by atoms with Crippen molar-refractivity contribution in [1.29, 1.82) is 0 Å². The molecule has 2 nitrogen and oxygen atoms in total. The molecule has 0 N–H and O–H groups in total. The molecule has 2 aliphatic rings. The number of benzene rings is 1. The predicted molar refractivity (Wildman–Crippen MR) is 73.5 cm³/mol. The maximum absolute atomic E-state index is 13.3. The van der Waals surface area contributed by atoms with Crippen molar-refractivity contribution in [3.8, 4) is 0 Å². The highest BCUT2D eigenvalue weighted by Gasteiger charge is 2.59. The van der Waals surface area contributed by atoms with Crippen molar-refractivity contribution in [1.82, 2.24) is 0 Å². The first-order valence-corrected chi connectivity index (χ1v) is 7.12. The average molecular weight is 298 g/mol. The molecule has 0 radical (unpaired) electrons. The lowest BCUT2D eigenvalue weighted by Gasteiger charge is -2.32. The Morgan fingerprint density at radius 2 is 1.48 bits per heavy atom. The third-order valence-electron chi connectivity index (χ3n) is 4.90. The summed E-state index contributed by atoms with van der Waals surface area (Å²) in [6.45, 7) is 7.84. The summed E-state index contributed by atoms with van der Waals surface area (Å²) < 4.78 is 51.5. The zero-order valence-electron chi connectivity index (χ0n) is 12.5. The molecule has 1 saturated carbocycles. The van der Waals surface area contributed by atoms with E-state index in [1.54, 1.807) is 0 Å². The minimum absolute atomic E-state index is 0.0512. The molecule has 1 heterocycles. The lowest BCUT2D eigenvalue weighted by atomic mass is 9.79.